The topological polar surface area (TPSA) is 78.0 Å². The Morgan fingerprint density at radius 3 is 2.51 bits per heavy atom. The van der Waals surface area contributed by atoms with Crippen LogP contribution in [-0.2, 0) is 7.05 Å². The van der Waals surface area contributed by atoms with Gasteiger partial charge in [-0.3, -0.25) is 14.7 Å². The molecule has 4 heterocycles. The number of rotatable bonds is 4. The Balaban J connectivity index is 1.55. The molecule has 0 saturated carbocycles. The minimum atomic E-state index is -0.383. The Hall–Kier alpha value is -3.80. The van der Waals surface area contributed by atoms with Gasteiger partial charge in [0.25, 0.3) is 5.56 Å². The summed E-state index contributed by atoms with van der Waals surface area (Å²) in [7, 11) is 1.71. The van der Waals surface area contributed by atoms with Crippen molar-refractivity contribution in [3.8, 4) is 6.07 Å². The molecule has 1 aliphatic rings. The quantitative estimate of drug-likeness (QED) is 0.392. The third-order valence-electron chi connectivity index (χ3n) is 7.07. The van der Waals surface area contributed by atoms with Gasteiger partial charge in [0.05, 0.1) is 29.1 Å². The smallest absolute Gasteiger partial charge is 0.252 e. The number of fused-ring (bicyclic) bond motifs is 1. The van der Waals surface area contributed by atoms with Gasteiger partial charge < -0.3 is 9.47 Å². The van der Waals surface area contributed by atoms with Gasteiger partial charge in [0.1, 0.15) is 23.1 Å². The average molecular weight is 517 g/mol. The van der Waals surface area contributed by atoms with Gasteiger partial charge in [-0.25, -0.2) is 9.37 Å². The zero-order chi connectivity index (χ0) is 26.3. The first-order valence-electron chi connectivity index (χ1n) is 12.1. The first kappa shape index (κ1) is 24.9. The van der Waals surface area contributed by atoms with Crippen LogP contribution in [0.25, 0.3) is 11.0 Å². The number of aromatic nitrogens is 3. The third-order valence-corrected chi connectivity index (χ3v) is 7.33. The van der Waals surface area contributed by atoms with Crippen LogP contribution in [0, 0.1) is 17.1 Å². The summed E-state index contributed by atoms with van der Waals surface area (Å²) in [6, 6.07) is 17.8. The molecule has 7 nitrogen and oxygen atoms in total. The molecule has 9 heteroatoms. The Kier molecular flexibility index (Phi) is 6.67. The van der Waals surface area contributed by atoms with Gasteiger partial charge in [-0.2, -0.15) is 5.26 Å². The molecule has 3 aromatic heterocycles. The standard InChI is InChI=1S/C28H26ClFN6O/c1-17-16-36(28(19-4-6-20(29)7-5-19)23-10-8-21(30)14-32-23)18(2)15-35(17)25-12-26(37)34(3)24-11-9-22(13-31)33-27(24)25/h4-12,14,17-18,28H,15-16H2,1-3H3/t17-,18-,28?/m0/s1. The van der Waals surface area contributed by atoms with Gasteiger partial charge in [-0.15, -0.1) is 0 Å². The second-order valence-corrected chi connectivity index (χ2v) is 9.94. The lowest BCUT2D eigenvalue weighted by Crippen LogP contribution is -2.57. The van der Waals surface area contributed by atoms with Crippen LogP contribution in [0.15, 0.2) is 65.6 Å². The van der Waals surface area contributed by atoms with E-state index >= 15 is 0 Å². The molecule has 0 bridgehead atoms. The number of piperazine rings is 1. The summed E-state index contributed by atoms with van der Waals surface area (Å²) in [5.41, 5.74) is 3.95. The largest absolute Gasteiger partial charge is 0.364 e. The molecule has 1 aromatic carbocycles. The van der Waals surface area contributed by atoms with E-state index in [1.807, 2.05) is 24.3 Å². The van der Waals surface area contributed by atoms with Gasteiger partial charge >= 0.3 is 0 Å². The monoisotopic (exact) mass is 516 g/mol. The Morgan fingerprint density at radius 1 is 1.08 bits per heavy atom. The lowest BCUT2D eigenvalue weighted by molar-refractivity contribution is 0.128. The van der Waals surface area contributed by atoms with Crippen LogP contribution in [0.3, 0.4) is 0 Å². The van der Waals surface area contributed by atoms with E-state index in [9.17, 15) is 14.4 Å². The second-order valence-electron chi connectivity index (χ2n) is 9.51. The van der Waals surface area contributed by atoms with Crippen molar-refractivity contribution in [3.63, 3.8) is 0 Å². The Labute approximate surface area is 219 Å². The van der Waals surface area contributed by atoms with Crippen molar-refractivity contribution in [3.05, 3.63) is 98.9 Å². The number of nitriles is 1. The minimum Gasteiger partial charge on any atom is -0.364 e. The Morgan fingerprint density at radius 2 is 1.84 bits per heavy atom. The average Bonchev–Trinajstić information content (AvgIpc) is 2.90. The fourth-order valence-corrected chi connectivity index (χ4v) is 5.29. The molecule has 1 fully saturated rings. The summed E-state index contributed by atoms with van der Waals surface area (Å²) in [6.45, 7) is 5.51. The van der Waals surface area contributed by atoms with E-state index in [0.29, 0.717) is 34.8 Å². The molecule has 0 radical (unpaired) electrons. The molecule has 4 aromatic rings. The van der Waals surface area contributed by atoms with Crippen molar-refractivity contribution in [2.24, 2.45) is 7.05 Å². The van der Waals surface area contributed by atoms with Crippen LogP contribution >= 0.6 is 11.6 Å². The minimum absolute atomic E-state index is 0.00861. The molecule has 1 unspecified atom stereocenters. The summed E-state index contributed by atoms with van der Waals surface area (Å²) in [4.78, 5) is 26.3. The van der Waals surface area contributed by atoms with Gasteiger partial charge in [0.2, 0.25) is 0 Å². The Bertz CT molecular complexity index is 1500. The van der Waals surface area contributed by atoms with Crippen LogP contribution in [0.5, 0.6) is 0 Å². The van der Waals surface area contributed by atoms with Crippen molar-refractivity contribution in [1.29, 1.82) is 5.26 Å². The molecular weight excluding hydrogens is 491 g/mol. The van der Waals surface area contributed by atoms with Crippen LogP contribution in [0.2, 0.25) is 5.02 Å². The van der Waals surface area contributed by atoms with Gasteiger partial charge in [0.15, 0.2) is 0 Å². The number of benzene rings is 1. The molecule has 0 N–H and O–H groups in total. The van der Waals surface area contributed by atoms with E-state index in [4.69, 9.17) is 11.6 Å². The predicted molar refractivity (Wildman–Crippen MR) is 142 cm³/mol. The van der Waals surface area contributed by atoms with E-state index in [1.165, 1.54) is 12.3 Å². The number of pyridine rings is 3. The fraction of sp³-hybridized carbons (Fsp3) is 0.286. The van der Waals surface area contributed by atoms with Crippen molar-refractivity contribution < 1.29 is 4.39 Å². The van der Waals surface area contributed by atoms with Crippen molar-refractivity contribution in [2.45, 2.75) is 32.0 Å². The van der Waals surface area contributed by atoms with E-state index < -0.39 is 0 Å². The molecule has 0 spiro atoms. The molecule has 1 saturated heterocycles. The van der Waals surface area contributed by atoms with Crippen molar-refractivity contribution in [2.75, 3.05) is 18.0 Å². The summed E-state index contributed by atoms with van der Waals surface area (Å²) < 4.78 is 15.3. The van der Waals surface area contributed by atoms with Gasteiger partial charge in [0, 0.05) is 43.3 Å². The highest BCUT2D eigenvalue weighted by atomic mass is 35.5. The lowest BCUT2D eigenvalue weighted by Gasteiger charge is -2.48. The van der Waals surface area contributed by atoms with Crippen molar-refractivity contribution >= 4 is 28.3 Å². The molecule has 188 valence electrons. The van der Waals surface area contributed by atoms with E-state index in [1.54, 1.807) is 35.9 Å². The third kappa shape index (κ3) is 4.68. The van der Waals surface area contributed by atoms with Crippen molar-refractivity contribution in [1.82, 2.24) is 19.4 Å². The van der Waals surface area contributed by atoms with Crippen LogP contribution < -0.4 is 10.5 Å². The number of hydrogen-bond acceptors (Lipinski definition) is 6. The van der Waals surface area contributed by atoms with E-state index in [-0.39, 0.29) is 29.5 Å². The second kappa shape index (κ2) is 9.92. The molecule has 0 amide bonds. The molecule has 3 atom stereocenters. The van der Waals surface area contributed by atoms with E-state index in [2.05, 4.69) is 39.7 Å². The van der Waals surface area contributed by atoms with Crippen LogP contribution in [-0.4, -0.2) is 44.6 Å². The number of nitrogens with zero attached hydrogens (tertiary/aromatic N) is 6. The highest BCUT2D eigenvalue weighted by molar-refractivity contribution is 6.30. The van der Waals surface area contributed by atoms with Crippen LogP contribution in [0.1, 0.15) is 36.8 Å². The number of aryl methyl sites for hydroxylation is 1. The number of halogens is 2. The summed E-state index contributed by atoms with van der Waals surface area (Å²) in [6.07, 6.45) is 1.24. The normalized spacial score (nSPS) is 19.1. The first-order valence-corrected chi connectivity index (χ1v) is 12.4. The summed E-state index contributed by atoms with van der Waals surface area (Å²) in [5.74, 6) is -0.383. The first-order chi connectivity index (χ1) is 17.8. The molecule has 1 aliphatic heterocycles. The zero-order valence-corrected chi connectivity index (χ0v) is 21.5. The molecule has 5 rings (SSSR count). The number of anilines is 1. The highest BCUT2D eigenvalue weighted by Crippen LogP contribution is 2.35. The summed E-state index contributed by atoms with van der Waals surface area (Å²) >= 11 is 6.16. The highest BCUT2D eigenvalue weighted by Gasteiger charge is 2.36. The maximum Gasteiger partial charge on any atom is 0.252 e. The fourth-order valence-electron chi connectivity index (χ4n) is 5.17. The molecular formula is C28H26ClFN6O. The van der Waals surface area contributed by atoms with Gasteiger partial charge in [-0.05, 0) is 55.8 Å². The SMILES string of the molecule is C[C@H]1CN(C(c2ccc(Cl)cc2)c2ccc(F)cn2)[C@@H](C)CN1c1cc(=O)n(C)c2ccc(C#N)nc12. The van der Waals surface area contributed by atoms with Crippen LogP contribution in [0.4, 0.5) is 10.1 Å². The maximum atomic E-state index is 13.7. The molecule has 0 aliphatic carbocycles. The predicted octanol–water partition coefficient (Wildman–Crippen LogP) is 4.68. The lowest BCUT2D eigenvalue weighted by atomic mass is 9.96. The van der Waals surface area contributed by atoms with Gasteiger partial charge in [-0.1, -0.05) is 23.7 Å². The maximum absolute atomic E-state index is 13.7. The van der Waals surface area contributed by atoms with E-state index in [0.717, 1.165) is 16.9 Å². The zero-order valence-electron chi connectivity index (χ0n) is 20.8. The number of hydrogen-bond donors (Lipinski definition) is 0. The molecule has 37 heavy (non-hydrogen) atoms. The summed E-state index contributed by atoms with van der Waals surface area (Å²) in [5, 5.41) is 10.1.